The molecule has 2 aromatic carbocycles. The maximum Gasteiger partial charge on any atom is 0.0622 e. The molecule has 0 aromatic heterocycles. The molecule has 0 amide bonds. The third-order valence-electron chi connectivity index (χ3n) is 4.67. The fraction of sp³-hybridized carbons (Fsp3) is 0.304. The van der Waals surface area contributed by atoms with Crippen LogP contribution >= 0.6 is 9.24 Å². The first-order valence-corrected chi connectivity index (χ1v) is 9.48. The van der Waals surface area contributed by atoms with Gasteiger partial charge in [-0.05, 0) is 67.2 Å². The van der Waals surface area contributed by atoms with E-state index in [-0.39, 0.29) is 5.54 Å². The standard InChI is InChI=1S/C23H30NP/c1-6-23(24-18(4)5,14-13-17(2)3)21-11-7-9-19(15-21)20-10-8-12-22(25)16-20/h7-12,15-16,24H,2,4,6,13-14,25H2,1,3,5H3/t23-/m0/s1. The number of benzene rings is 2. The third kappa shape index (κ3) is 5.06. The molecule has 1 unspecified atom stereocenters. The van der Waals surface area contributed by atoms with Crippen molar-refractivity contribution >= 4 is 14.5 Å². The molecule has 0 aliphatic heterocycles. The molecule has 2 heteroatoms. The van der Waals surface area contributed by atoms with E-state index in [4.69, 9.17) is 0 Å². The lowest BCUT2D eigenvalue weighted by Gasteiger charge is -2.36. The van der Waals surface area contributed by atoms with E-state index in [9.17, 15) is 0 Å². The molecule has 0 bridgehead atoms. The Balaban J connectivity index is 2.47. The van der Waals surface area contributed by atoms with Gasteiger partial charge in [0.2, 0.25) is 0 Å². The van der Waals surface area contributed by atoms with Gasteiger partial charge in [-0.25, -0.2) is 0 Å². The van der Waals surface area contributed by atoms with Crippen molar-refractivity contribution < 1.29 is 0 Å². The summed E-state index contributed by atoms with van der Waals surface area (Å²) >= 11 is 0. The Kier molecular flexibility index (Phi) is 6.62. The van der Waals surface area contributed by atoms with Crippen LogP contribution in [0.1, 0.15) is 45.6 Å². The molecule has 1 N–H and O–H groups in total. The summed E-state index contributed by atoms with van der Waals surface area (Å²) in [5.41, 5.74) is 5.91. The fourth-order valence-corrected chi connectivity index (χ4v) is 3.59. The van der Waals surface area contributed by atoms with E-state index in [0.717, 1.165) is 25.0 Å². The molecule has 0 spiro atoms. The highest BCUT2D eigenvalue weighted by Crippen LogP contribution is 2.34. The van der Waals surface area contributed by atoms with Gasteiger partial charge in [0.1, 0.15) is 0 Å². The quantitative estimate of drug-likeness (QED) is 0.458. The van der Waals surface area contributed by atoms with E-state index < -0.39 is 0 Å². The van der Waals surface area contributed by atoms with Gasteiger partial charge in [0.25, 0.3) is 0 Å². The molecular formula is C23H30NP. The van der Waals surface area contributed by atoms with Crippen molar-refractivity contribution in [2.45, 2.75) is 45.6 Å². The first-order valence-electron chi connectivity index (χ1n) is 8.91. The van der Waals surface area contributed by atoms with Crippen LogP contribution in [0.25, 0.3) is 11.1 Å². The average Bonchev–Trinajstić information content (AvgIpc) is 2.58. The number of hydrogen-bond donors (Lipinski definition) is 1. The summed E-state index contributed by atoms with van der Waals surface area (Å²) in [7, 11) is 2.77. The molecule has 25 heavy (non-hydrogen) atoms. The topological polar surface area (TPSA) is 12.0 Å². The number of rotatable bonds is 8. The molecule has 0 aliphatic carbocycles. The third-order valence-corrected chi connectivity index (χ3v) is 5.03. The van der Waals surface area contributed by atoms with Crippen LogP contribution in [-0.4, -0.2) is 0 Å². The highest BCUT2D eigenvalue weighted by molar-refractivity contribution is 7.27. The van der Waals surface area contributed by atoms with Crippen LogP contribution < -0.4 is 10.6 Å². The number of allylic oxidation sites excluding steroid dienone is 2. The lowest BCUT2D eigenvalue weighted by atomic mass is 9.81. The monoisotopic (exact) mass is 351 g/mol. The van der Waals surface area contributed by atoms with Gasteiger partial charge in [-0.3, -0.25) is 0 Å². The Hall–Kier alpha value is -1.85. The normalized spacial score (nSPS) is 13.1. The minimum atomic E-state index is -0.112. The van der Waals surface area contributed by atoms with Crippen LogP contribution in [0.5, 0.6) is 0 Å². The van der Waals surface area contributed by atoms with Gasteiger partial charge < -0.3 is 5.32 Å². The molecule has 2 rings (SSSR count). The van der Waals surface area contributed by atoms with Crippen molar-refractivity contribution in [1.29, 1.82) is 0 Å². The van der Waals surface area contributed by atoms with Crippen LogP contribution in [0.3, 0.4) is 0 Å². The molecule has 1 nitrogen and oxygen atoms in total. The average molecular weight is 351 g/mol. The highest BCUT2D eigenvalue weighted by Gasteiger charge is 2.29. The van der Waals surface area contributed by atoms with E-state index in [1.54, 1.807) is 0 Å². The second-order valence-electron chi connectivity index (χ2n) is 7.00. The summed E-state index contributed by atoms with van der Waals surface area (Å²) in [6, 6.07) is 17.5. The molecule has 0 radical (unpaired) electrons. The Labute approximate surface area is 155 Å². The smallest absolute Gasteiger partial charge is 0.0622 e. The highest BCUT2D eigenvalue weighted by atomic mass is 31.0. The number of nitrogens with one attached hydrogen (secondary N) is 1. The Morgan fingerprint density at radius 3 is 2.24 bits per heavy atom. The van der Waals surface area contributed by atoms with Crippen molar-refractivity contribution in [3.8, 4) is 11.1 Å². The Morgan fingerprint density at radius 2 is 1.68 bits per heavy atom. The SMILES string of the molecule is C=C(C)CC[C@](CC)(NC(=C)C)c1cccc(-c2cccc(P)c2)c1. The van der Waals surface area contributed by atoms with Crippen LogP contribution in [-0.2, 0) is 5.54 Å². The van der Waals surface area contributed by atoms with E-state index in [1.165, 1.54) is 27.6 Å². The van der Waals surface area contributed by atoms with Crippen LogP contribution in [0, 0.1) is 0 Å². The lowest BCUT2D eigenvalue weighted by molar-refractivity contribution is 0.325. The van der Waals surface area contributed by atoms with Crippen molar-refractivity contribution in [3.63, 3.8) is 0 Å². The summed E-state index contributed by atoms with van der Waals surface area (Å²) in [4.78, 5) is 0. The van der Waals surface area contributed by atoms with Gasteiger partial charge in [-0.2, -0.15) is 0 Å². The maximum atomic E-state index is 4.10. The summed E-state index contributed by atoms with van der Waals surface area (Å²) in [5.74, 6) is 0. The minimum Gasteiger partial charge on any atom is -0.380 e. The van der Waals surface area contributed by atoms with Crippen LogP contribution in [0.15, 0.2) is 73.0 Å². The van der Waals surface area contributed by atoms with E-state index >= 15 is 0 Å². The number of hydrogen-bond acceptors (Lipinski definition) is 1. The van der Waals surface area contributed by atoms with Gasteiger partial charge in [-0.15, -0.1) is 15.8 Å². The molecule has 0 fully saturated rings. The summed E-state index contributed by atoms with van der Waals surface area (Å²) < 4.78 is 0. The first kappa shape index (κ1) is 19.5. The van der Waals surface area contributed by atoms with E-state index in [2.05, 4.69) is 90.1 Å². The largest absolute Gasteiger partial charge is 0.380 e. The van der Waals surface area contributed by atoms with Gasteiger partial charge in [0, 0.05) is 5.70 Å². The molecule has 2 atom stereocenters. The second-order valence-corrected chi connectivity index (χ2v) is 7.67. The minimum absolute atomic E-state index is 0.112. The maximum absolute atomic E-state index is 4.10. The predicted molar refractivity (Wildman–Crippen MR) is 115 cm³/mol. The molecular weight excluding hydrogens is 321 g/mol. The van der Waals surface area contributed by atoms with E-state index in [0.29, 0.717) is 0 Å². The van der Waals surface area contributed by atoms with Gasteiger partial charge in [0.05, 0.1) is 5.54 Å². The van der Waals surface area contributed by atoms with Gasteiger partial charge in [0.15, 0.2) is 0 Å². The molecule has 0 saturated heterocycles. The molecule has 2 aromatic rings. The zero-order valence-corrected chi connectivity index (χ0v) is 16.9. The summed E-state index contributed by atoms with van der Waals surface area (Å²) in [6.45, 7) is 14.6. The molecule has 132 valence electrons. The predicted octanol–water partition coefficient (Wildman–Crippen LogP) is 5.94. The second kappa shape index (κ2) is 8.50. The van der Waals surface area contributed by atoms with Crippen LogP contribution in [0.4, 0.5) is 0 Å². The van der Waals surface area contributed by atoms with Crippen molar-refractivity contribution in [1.82, 2.24) is 5.32 Å². The molecule has 0 saturated carbocycles. The summed E-state index contributed by atoms with van der Waals surface area (Å²) in [5, 5.41) is 4.87. The zero-order chi connectivity index (χ0) is 18.4. The van der Waals surface area contributed by atoms with Gasteiger partial charge in [-0.1, -0.05) is 55.5 Å². The Morgan fingerprint density at radius 1 is 1.04 bits per heavy atom. The van der Waals surface area contributed by atoms with Crippen molar-refractivity contribution in [2.24, 2.45) is 0 Å². The first-order chi connectivity index (χ1) is 11.9. The molecule has 0 heterocycles. The van der Waals surface area contributed by atoms with Crippen molar-refractivity contribution in [2.75, 3.05) is 0 Å². The fourth-order valence-electron chi connectivity index (χ4n) is 3.30. The van der Waals surface area contributed by atoms with Gasteiger partial charge >= 0.3 is 0 Å². The summed E-state index contributed by atoms with van der Waals surface area (Å²) in [6.07, 6.45) is 3.01. The Bertz CT molecular complexity index is 762. The van der Waals surface area contributed by atoms with Crippen molar-refractivity contribution in [3.05, 3.63) is 78.5 Å². The van der Waals surface area contributed by atoms with E-state index in [1.807, 2.05) is 6.92 Å². The van der Waals surface area contributed by atoms with Crippen LogP contribution in [0.2, 0.25) is 0 Å². The lowest BCUT2D eigenvalue weighted by Crippen LogP contribution is -2.40. The molecule has 0 aliphatic rings. The zero-order valence-electron chi connectivity index (χ0n) is 15.7.